The Morgan fingerprint density at radius 1 is 0.857 bits per heavy atom. The van der Waals surface area contributed by atoms with E-state index >= 15 is 0 Å². The molecule has 182 valence electrons. The van der Waals surface area contributed by atoms with Gasteiger partial charge in [-0.2, -0.15) is 0 Å². The fraction of sp³-hybridized carbons (Fsp3) is 0.323. The molecule has 4 nitrogen and oxygen atoms in total. The van der Waals surface area contributed by atoms with Crippen LogP contribution in [0.4, 0.5) is 4.79 Å². The Balaban J connectivity index is 1.18. The SMILES string of the molecule is CCCCCCCOc1ccc(C=CCNC(=O)OCC2c3ccccc3-c3ccccc32)cc1. The highest BCUT2D eigenvalue weighted by atomic mass is 16.5. The maximum atomic E-state index is 12.3. The quantitative estimate of drug-likeness (QED) is 0.278. The first-order valence-electron chi connectivity index (χ1n) is 12.7. The molecule has 0 saturated carbocycles. The number of amides is 1. The van der Waals surface area contributed by atoms with Crippen molar-refractivity contribution < 1.29 is 14.3 Å². The van der Waals surface area contributed by atoms with Crippen molar-refractivity contribution in [1.82, 2.24) is 5.32 Å². The van der Waals surface area contributed by atoms with Gasteiger partial charge in [-0.05, 0) is 46.4 Å². The van der Waals surface area contributed by atoms with Crippen LogP contribution in [0, 0.1) is 0 Å². The monoisotopic (exact) mass is 469 g/mol. The summed E-state index contributed by atoms with van der Waals surface area (Å²) in [6.07, 6.45) is 9.68. The molecule has 4 rings (SSSR count). The van der Waals surface area contributed by atoms with Gasteiger partial charge in [0.25, 0.3) is 0 Å². The maximum absolute atomic E-state index is 12.3. The van der Waals surface area contributed by atoms with Crippen molar-refractivity contribution in [3.63, 3.8) is 0 Å². The second-order valence-corrected chi connectivity index (χ2v) is 8.94. The lowest BCUT2D eigenvalue weighted by Gasteiger charge is -2.14. The highest BCUT2D eigenvalue weighted by Crippen LogP contribution is 2.44. The molecule has 1 N–H and O–H groups in total. The smallest absolute Gasteiger partial charge is 0.407 e. The average Bonchev–Trinajstić information content (AvgIpc) is 3.22. The number of rotatable bonds is 12. The standard InChI is InChI=1S/C31H35NO3/c1-2-3-4-5-10-22-34-25-19-17-24(18-20-25)12-11-21-32-31(33)35-23-30-28-15-8-6-13-26(28)27-14-7-9-16-29(27)30/h6-9,11-20,30H,2-5,10,21-23H2,1H3,(H,32,33). The molecule has 0 aliphatic heterocycles. The number of unbranched alkanes of at least 4 members (excludes halogenated alkanes) is 4. The molecule has 0 spiro atoms. The number of ether oxygens (including phenoxy) is 2. The Hall–Kier alpha value is -3.53. The van der Waals surface area contributed by atoms with Gasteiger partial charge in [-0.3, -0.25) is 0 Å². The van der Waals surface area contributed by atoms with Crippen LogP contribution in [0.25, 0.3) is 17.2 Å². The van der Waals surface area contributed by atoms with Crippen molar-refractivity contribution in [2.75, 3.05) is 19.8 Å². The van der Waals surface area contributed by atoms with E-state index in [9.17, 15) is 4.79 Å². The number of hydrogen-bond donors (Lipinski definition) is 1. The summed E-state index contributed by atoms with van der Waals surface area (Å²) in [5.41, 5.74) is 5.94. The minimum atomic E-state index is -0.404. The van der Waals surface area contributed by atoms with Gasteiger partial charge in [0.05, 0.1) is 6.61 Å². The van der Waals surface area contributed by atoms with Gasteiger partial charge in [0.2, 0.25) is 0 Å². The zero-order valence-corrected chi connectivity index (χ0v) is 20.5. The first-order valence-corrected chi connectivity index (χ1v) is 12.7. The molecule has 3 aromatic carbocycles. The van der Waals surface area contributed by atoms with E-state index in [1.54, 1.807) is 0 Å². The van der Waals surface area contributed by atoms with Crippen LogP contribution in [-0.4, -0.2) is 25.9 Å². The number of benzene rings is 3. The summed E-state index contributed by atoms with van der Waals surface area (Å²) in [5.74, 6) is 0.968. The molecule has 0 aromatic heterocycles. The topological polar surface area (TPSA) is 47.6 Å². The number of alkyl carbamates (subject to hydrolysis) is 1. The summed E-state index contributed by atoms with van der Waals surface area (Å²) in [4.78, 5) is 12.3. The molecular formula is C31H35NO3. The van der Waals surface area contributed by atoms with Gasteiger partial charge in [-0.15, -0.1) is 0 Å². The number of hydrogen-bond acceptors (Lipinski definition) is 3. The lowest BCUT2D eigenvalue weighted by molar-refractivity contribution is 0.144. The molecule has 0 atom stereocenters. The molecule has 0 heterocycles. The maximum Gasteiger partial charge on any atom is 0.407 e. The zero-order chi connectivity index (χ0) is 24.3. The van der Waals surface area contributed by atoms with Gasteiger partial charge >= 0.3 is 6.09 Å². The van der Waals surface area contributed by atoms with E-state index in [0.717, 1.165) is 24.3 Å². The Labute approximate surface area is 209 Å². The second kappa shape index (κ2) is 12.8. The molecule has 0 radical (unpaired) electrons. The van der Waals surface area contributed by atoms with Crippen molar-refractivity contribution in [3.05, 3.63) is 95.6 Å². The molecule has 0 bridgehead atoms. The van der Waals surface area contributed by atoms with E-state index in [1.807, 2.05) is 60.7 Å². The molecule has 0 fully saturated rings. The third kappa shape index (κ3) is 6.75. The van der Waals surface area contributed by atoms with Crippen molar-refractivity contribution in [2.45, 2.75) is 44.9 Å². The molecule has 0 unspecified atom stereocenters. The van der Waals surface area contributed by atoms with Crippen LogP contribution in [-0.2, 0) is 4.74 Å². The normalized spacial score (nSPS) is 12.4. The predicted octanol–water partition coefficient (Wildman–Crippen LogP) is 7.59. The first kappa shape index (κ1) is 24.6. The number of carbonyl (C=O) groups excluding carboxylic acids is 1. The van der Waals surface area contributed by atoms with Crippen molar-refractivity contribution in [2.24, 2.45) is 0 Å². The van der Waals surface area contributed by atoms with E-state index in [2.05, 4.69) is 36.5 Å². The van der Waals surface area contributed by atoms with Crippen molar-refractivity contribution in [1.29, 1.82) is 0 Å². The van der Waals surface area contributed by atoms with E-state index in [-0.39, 0.29) is 5.92 Å². The minimum Gasteiger partial charge on any atom is -0.494 e. The second-order valence-electron chi connectivity index (χ2n) is 8.94. The van der Waals surface area contributed by atoms with E-state index in [0.29, 0.717) is 13.2 Å². The lowest BCUT2D eigenvalue weighted by atomic mass is 9.98. The number of carbonyl (C=O) groups is 1. The van der Waals surface area contributed by atoms with Gasteiger partial charge in [0.1, 0.15) is 12.4 Å². The number of fused-ring (bicyclic) bond motifs is 3. The number of nitrogens with one attached hydrogen (secondary N) is 1. The van der Waals surface area contributed by atoms with E-state index < -0.39 is 6.09 Å². The van der Waals surface area contributed by atoms with Crippen LogP contribution in [0.1, 0.15) is 61.6 Å². The molecule has 0 saturated heterocycles. The fourth-order valence-electron chi connectivity index (χ4n) is 4.56. The van der Waals surface area contributed by atoms with Crippen LogP contribution in [0.15, 0.2) is 78.9 Å². The van der Waals surface area contributed by atoms with Crippen LogP contribution in [0.2, 0.25) is 0 Å². The van der Waals surface area contributed by atoms with E-state index in [1.165, 1.54) is 47.9 Å². The third-order valence-electron chi connectivity index (χ3n) is 6.41. The highest BCUT2D eigenvalue weighted by Gasteiger charge is 2.28. The highest BCUT2D eigenvalue weighted by molar-refractivity contribution is 5.79. The Morgan fingerprint density at radius 2 is 1.51 bits per heavy atom. The van der Waals surface area contributed by atoms with Gasteiger partial charge in [0, 0.05) is 12.5 Å². The average molecular weight is 470 g/mol. The summed E-state index contributed by atoms with van der Waals surface area (Å²) < 4.78 is 11.4. The van der Waals surface area contributed by atoms with Gasteiger partial charge in [-0.25, -0.2) is 4.79 Å². The van der Waals surface area contributed by atoms with Gasteiger partial charge < -0.3 is 14.8 Å². The molecule has 1 aliphatic carbocycles. The van der Waals surface area contributed by atoms with Gasteiger partial charge in [0.15, 0.2) is 0 Å². The molecular weight excluding hydrogens is 434 g/mol. The van der Waals surface area contributed by atoms with Crippen molar-refractivity contribution >= 4 is 12.2 Å². The Morgan fingerprint density at radius 3 is 2.20 bits per heavy atom. The zero-order valence-electron chi connectivity index (χ0n) is 20.5. The van der Waals surface area contributed by atoms with Crippen LogP contribution < -0.4 is 10.1 Å². The molecule has 4 heteroatoms. The lowest BCUT2D eigenvalue weighted by Crippen LogP contribution is -2.26. The fourth-order valence-corrected chi connectivity index (χ4v) is 4.56. The molecule has 35 heavy (non-hydrogen) atoms. The first-order chi connectivity index (χ1) is 17.3. The summed E-state index contributed by atoms with van der Waals surface area (Å²) >= 11 is 0. The Kier molecular flexibility index (Phi) is 8.99. The third-order valence-corrected chi connectivity index (χ3v) is 6.41. The largest absolute Gasteiger partial charge is 0.494 e. The van der Waals surface area contributed by atoms with Crippen LogP contribution in [0.5, 0.6) is 5.75 Å². The van der Waals surface area contributed by atoms with Crippen LogP contribution in [0.3, 0.4) is 0 Å². The summed E-state index contributed by atoms with van der Waals surface area (Å²) in [6.45, 7) is 3.73. The van der Waals surface area contributed by atoms with E-state index in [4.69, 9.17) is 9.47 Å². The van der Waals surface area contributed by atoms with Crippen molar-refractivity contribution in [3.8, 4) is 16.9 Å². The summed E-state index contributed by atoms with van der Waals surface area (Å²) in [6, 6.07) is 24.7. The molecule has 3 aromatic rings. The minimum absolute atomic E-state index is 0.0702. The summed E-state index contributed by atoms with van der Waals surface area (Å²) in [5, 5.41) is 2.81. The molecule has 1 amide bonds. The predicted molar refractivity (Wildman–Crippen MR) is 143 cm³/mol. The van der Waals surface area contributed by atoms with Gasteiger partial charge in [-0.1, -0.05) is 105 Å². The molecule has 1 aliphatic rings. The van der Waals surface area contributed by atoms with Crippen LogP contribution >= 0.6 is 0 Å². The summed E-state index contributed by atoms with van der Waals surface area (Å²) in [7, 11) is 0. The Bertz CT molecular complexity index is 1070.